The summed E-state index contributed by atoms with van der Waals surface area (Å²) in [6, 6.07) is 0. The molecular weight excluding hydrogens is 260 g/mol. The van der Waals surface area contributed by atoms with E-state index in [-0.39, 0.29) is 11.4 Å². The summed E-state index contributed by atoms with van der Waals surface area (Å²) in [6.07, 6.45) is 5.97. The Labute approximate surface area is 131 Å². The van der Waals surface area contributed by atoms with Gasteiger partial charge >= 0.3 is 0 Å². The van der Waals surface area contributed by atoms with E-state index in [1.807, 2.05) is 20.8 Å². The van der Waals surface area contributed by atoms with E-state index in [1.54, 1.807) is 0 Å². The van der Waals surface area contributed by atoms with E-state index in [2.05, 4.69) is 31.4 Å². The summed E-state index contributed by atoms with van der Waals surface area (Å²) in [4.78, 5) is 11.7. The minimum absolute atomic E-state index is 0.123. The SMILES string of the molecule is CC(C)(C)NC(=O)CCNCC1CCC(C(C)(C)C)CC1. The summed E-state index contributed by atoms with van der Waals surface area (Å²) in [6.45, 7) is 15.0. The Morgan fingerprint density at radius 3 is 2.05 bits per heavy atom. The van der Waals surface area contributed by atoms with Crippen LogP contribution in [0.15, 0.2) is 0 Å². The van der Waals surface area contributed by atoms with Crippen LogP contribution in [0.25, 0.3) is 0 Å². The van der Waals surface area contributed by atoms with Gasteiger partial charge in [0.15, 0.2) is 0 Å². The van der Waals surface area contributed by atoms with Crippen molar-refractivity contribution in [2.24, 2.45) is 17.3 Å². The van der Waals surface area contributed by atoms with Crippen molar-refractivity contribution >= 4 is 5.91 Å². The van der Waals surface area contributed by atoms with E-state index in [9.17, 15) is 4.79 Å². The normalized spacial score (nSPS) is 23.9. The van der Waals surface area contributed by atoms with Crippen molar-refractivity contribution in [2.75, 3.05) is 13.1 Å². The molecule has 0 heterocycles. The fraction of sp³-hybridized carbons (Fsp3) is 0.944. The largest absolute Gasteiger partial charge is 0.351 e. The molecular formula is C18H36N2O. The summed E-state index contributed by atoms with van der Waals surface area (Å²) in [5, 5.41) is 6.47. The van der Waals surface area contributed by atoms with Crippen LogP contribution in [0.3, 0.4) is 0 Å². The average molecular weight is 296 g/mol. The van der Waals surface area contributed by atoms with Crippen molar-refractivity contribution in [1.82, 2.24) is 10.6 Å². The number of nitrogens with one attached hydrogen (secondary N) is 2. The summed E-state index contributed by atoms with van der Waals surface area (Å²) in [5.41, 5.74) is 0.339. The molecule has 1 fully saturated rings. The van der Waals surface area contributed by atoms with Gasteiger partial charge < -0.3 is 10.6 Å². The highest BCUT2D eigenvalue weighted by molar-refractivity contribution is 5.76. The third-order valence-corrected chi connectivity index (χ3v) is 4.55. The summed E-state index contributed by atoms with van der Waals surface area (Å²) in [7, 11) is 0. The lowest BCUT2D eigenvalue weighted by Gasteiger charge is -2.37. The van der Waals surface area contributed by atoms with Gasteiger partial charge in [0.25, 0.3) is 0 Å². The zero-order chi connectivity index (χ0) is 16.1. The van der Waals surface area contributed by atoms with Gasteiger partial charge in [-0.25, -0.2) is 0 Å². The van der Waals surface area contributed by atoms with E-state index < -0.39 is 0 Å². The highest BCUT2D eigenvalue weighted by Crippen LogP contribution is 2.39. The molecule has 0 bridgehead atoms. The maximum atomic E-state index is 11.7. The molecule has 1 aliphatic carbocycles. The first-order chi connectivity index (χ1) is 9.58. The molecule has 21 heavy (non-hydrogen) atoms. The summed E-state index contributed by atoms with van der Waals surface area (Å²) >= 11 is 0. The lowest BCUT2D eigenvalue weighted by molar-refractivity contribution is -0.122. The van der Waals surface area contributed by atoms with Gasteiger partial charge in [-0.2, -0.15) is 0 Å². The maximum absolute atomic E-state index is 11.7. The summed E-state index contributed by atoms with van der Waals surface area (Å²) < 4.78 is 0. The molecule has 0 spiro atoms. The quantitative estimate of drug-likeness (QED) is 0.759. The van der Waals surface area contributed by atoms with Gasteiger partial charge in [-0.05, 0) is 70.3 Å². The highest BCUT2D eigenvalue weighted by atomic mass is 16.1. The van der Waals surface area contributed by atoms with E-state index >= 15 is 0 Å². The number of amides is 1. The molecule has 3 heteroatoms. The second-order valence-corrected chi connectivity index (χ2v) is 8.84. The molecule has 0 aromatic heterocycles. The van der Waals surface area contributed by atoms with Crippen LogP contribution in [0.4, 0.5) is 0 Å². The van der Waals surface area contributed by atoms with E-state index in [0.717, 1.165) is 24.9 Å². The average Bonchev–Trinajstić information content (AvgIpc) is 2.32. The number of carbonyl (C=O) groups excluding carboxylic acids is 1. The molecule has 0 atom stereocenters. The van der Waals surface area contributed by atoms with Crippen LogP contribution < -0.4 is 10.6 Å². The number of carbonyl (C=O) groups is 1. The van der Waals surface area contributed by atoms with Crippen LogP contribution in [0.5, 0.6) is 0 Å². The zero-order valence-electron chi connectivity index (χ0n) is 15.0. The molecule has 0 saturated heterocycles. The van der Waals surface area contributed by atoms with Gasteiger partial charge in [0.2, 0.25) is 5.91 Å². The van der Waals surface area contributed by atoms with E-state index in [1.165, 1.54) is 25.7 Å². The number of hydrogen-bond acceptors (Lipinski definition) is 2. The molecule has 0 aromatic rings. The first kappa shape index (κ1) is 18.5. The van der Waals surface area contributed by atoms with Gasteiger partial charge in [-0.15, -0.1) is 0 Å². The fourth-order valence-corrected chi connectivity index (χ4v) is 3.22. The van der Waals surface area contributed by atoms with Crippen LogP contribution in [-0.4, -0.2) is 24.5 Å². The van der Waals surface area contributed by atoms with Gasteiger partial charge in [-0.1, -0.05) is 20.8 Å². The van der Waals surface area contributed by atoms with Crippen LogP contribution in [0, 0.1) is 17.3 Å². The van der Waals surface area contributed by atoms with Crippen LogP contribution in [-0.2, 0) is 4.79 Å². The molecule has 1 rings (SSSR count). The molecule has 1 aliphatic rings. The van der Waals surface area contributed by atoms with E-state index in [4.69, 9.17) is 0 Å². The van der Waals surface area contributed by atoms with Crippen molar-refractivity contribution < 1.29 is 4.79 Å². The van der Waals surface area contributed by atoms with Crippen LogP contribution >= 0.6 is 0 Å². The Balaban J connectivity index is 2.11. The molecule has 124 valence electrons. The molecule has 2 N–H and O–H groups in total. The monoisotopic (exact) mass is 296 g/mol. The van der Waals surface area contributed by atoms with Crippen molar-refractivity contribution in [3.8, 4) is 0 Å². The Morgan fingerprint density at radius 1 is 1.00 bits per heavy atom. The highest BCUT2D eigenvalue weighted by Gasteiger charge is 2.29. The van der Waals surface area contributed by atoms with Gasteiger partial charge in [0, 0.05) is 18.5 Å². The van der Waals surface area contributed by atoms with Crippen molar-refractivity contribution in [2.45, 2.75) is 79.2 Å². The predicted octanol–water partition coefficient (Wildman–Crippen LogP) is 3.73. The first-order valence-corrected chi connectivity index (χ1v) is 8.59. The molecule has 0 radical (unpaired) electrons. The molecule has 1 amide bonds. The minimum atomic E-state index is -0.123. The van der Waals surface area contributed by atoms with E-state index in [0.29, 0.717) is 11.8 Å². The predicted molar refractivity (Wildman–Crippen MR) is 90.3 cm³/mol. The lowest BCUT2D eigenvalue weighted by atomic mass is 9.70. The Morgan fingerprint density at radius 2 is 1.57 bits per heavy atom. The molecule has 0 aliphatic heterocycles. The topological polar surface area (TPSA) is 41.1 Å². The second-order valence-electron chi connectivity index (χ2n) is 8.84. The third kappa shape index (κ3) is 7.85. The molecule has 0 aromatic carbocycles. The lowest BCUT2D eigenvalue weighted by Crippen LogP contribution is -2.41. The van der Waals surface area contributed by atoms with Gasteiger partial charge in [0.1, 0.15) is 0 Å². The molecule has 3 nitrogen and oxygen atoms in total. The van der Waals surface area contributed by atoms with Gasteiger partial charge in [-0.3, -0.25) is 4.79 Å². The Kier molecular flexibility index (Phi) is 6.71. The number of hydrogen-bond donors (Lipinski definition) is 2. The number of rotatable bonds is 5. The van der Waals surface area contributed by atoms with Crippen LogP contribution in [0.1, 0.15) is 73.6 Å². The Hall–Kier alpha value is -0.570. The molecule has 1 saturated carbocycles. The zero-order valence-corrected chi connectivity index (χ0v) is 15.0. The van der Waals surface area contributed by atoms with Gasteiger partial charge in [0.05, 0.1) is 0 Å². The third-order valence-electron chi connectivity index (χ3n) is 4.55. The maximum Gasteiger partial charge on any atom is 0.221 e. The summed E-state index contributed by atoms with van der Waals surface area (Å²) in [5.74, 6) is 1.83. The first-order valence-electron chi connectivity index (χ1n) is 8.59. The van der Waals surface area contributed by atoms with Crippen molar-refractivity contribution in [1.29, 1.82) is 0 Å². The van der Waals surface area contributed by atoms with Crippen molar-refractivity contribution in [3.63, 3.8) is 0 Å². The smallest absolute Gasteiger partial charge is 0.221 e. The fourth-order valence-electron chi connectivity index (χ4n) is 3.22. The van der Waals surface area contributed by atoms with Crippen molar-refractivity contribution in [3.05, 3.63) is 0 Å². The minimum Gasteiger partial charge on any atom is -0.351 e. The second kappa shape index (κ2) is 7.62. The molecule has 0 unspecified atom stereocenters. The standard InChI is InChI=1S/C18H36N2O/c1-17(2,3)15-9-7-14(8-10-15)13-19-12-11-16(21)20-18(4,5)6/h14-15,19H,7-13H2,1-6H3,(H,20,21). The Bertz CT molecular complexity index is 317. The van der Waals surface area contributed by atoms with Crippen LogP contribution in [0.2, 0.25) is 0 Å².